The van der Waals surface area contributed by atoms with Crippen LogP contribution in [-0.4, -0.2) is 27.7 Å². The highest BCUT2D eigenvalue weighted by Gasteiger charge is 2.18. The lowest BCUT2D eigenvalue weighted by atomic mass is 10.1. The van der Waals surface area contributed by atoms with Crippen molar-refractivity contribution < 1.29 is 19.1 Å². The number of hydrogen-bond donors (Lipinski definition) is 2. The van der Waals surface area contributed by atoms with E-state index in [2.05, 4.69) is 17.2 Å². The Morgan fingerprint density at radius 1 is 0.974 bits per heavy atom. The van der Waals surface area contributed by atoms with Crippen LogP contribution in [0.4, 0.5) is 5.69 Å². The largest absolute Gasteiger partial charge is 0.454 e. The Balaban J connectivity index is 1.45. The lowest BCUT2D eigenvalue weighted by Crippen LogP contribution is -2.41. The van der Waals surface area contributed by atoms with Crippen molar-refractivity contribution in [1.29, 1.82) is 0 Å². The number of anilines is 1. The van der Waals surface area contributed by atoms with E-state index in [0.29, 0.717) is 17.2 Å². The first-order valence-corrected chi connectivity index (χ1v) is 12.3. The van der Waals surface area contributed by atoms with Gasteiger partial charge in [-0.2, -0.15) is 0 Å². The van der Waals surface area contributed by atoms with Crippen LogP contribution in [0.3, 0.4) is 0 Å². The van der Waals surface area contributed by atoms with E-state index in [0.717, 1.165) is 15.7 Å². The van der Waals surface area contributed by atoms with Crippen molar-refractivity contribution in [2.24, 2.45) is 0 Å². The summed E-state index contributed by atoms with van der Waals surface area (Å²) in [5.74, 6) is 0.388. The zero-order valence-corrected chi connectivity index (χ0v) is 21.2. The fourth-order valence-electron chi connectivity index (χ4n) is 4.32. The molecule has 2 heterocycles. The first kappa shape index (κ1) is 25.5. The van der Waals surface area contributed by atoms with Crippen LogP contribution in [0.15, 0.2) is 82.9 Å². The van der Waals surface area contributed by atoms with E-state index in [-0.39, 0.29) is 42.9 Å². The average Bonchev–Trinajstić information content (AvgIpc) is 3.41. The molecular formula is C29H26N4O6. The normalized spacial score (nSPS) is 11.8. The van der Waals surface area contributed by atoms with Gasteiger partial charge in [0.2, 0.25) is 12.7 Å². The van der Waals surface area contributed by atoms with Crippen molar-refractivity contribution in [1.82, 2.24) is 14.5 Å². The van der Waals surface area contributed by atoms with Crippen LogP contribution in [0.25, 0.3) is 10.9 Å². The lowest BCUT2D eigenvalue weighted by Gasteiger charge is -2.15. The summed E-state index contributed by atoms with van der Waals surface area (Å²) in [7, 11) is 0. The Hall–Kier alpha value is -5.12. The summed E-state index contributed by atoms with van der Waals surface area (Å²) in [6, 6.07) is 17.1. The van der Waals surface area contributed by atoms with Gasteiger partial charge in [-0.25, -0.2) is 4.79 Å². The predicted octanol–water partition coefficient (Wildman–Crippen LogP) is 2.96. The lowest BCUT2D eigenvalue weighted by molar-refractivity contribution is -0.116. The van der Waals surface area contributed by atoms with Gasteiger partial charge in [0.25, 0.3) is 11.5 Å². The monoisotopic (exact) mass is 526 g/mol. The van der Waals surface area contributed by atoms with E-state index in [4.69, 9.17) is 9.47 Å². The first-order valence-electron chi connectivity index (χ1n) is 12.3. The van der Waals surface area contributed by atoms with E-state index in [9.17, 15) is 19.2 Å². The number of rotatable bonds is 8. The number of hydrogen-bond acceptors (Lipinski definition) is 6. The fourth-order valence-corrected chi connectivity index (χ4v) is 4.32. The van der Waals surface area contributed by atoms with Gasteiger partial charge in [0.05, 0.1) is 10.9 Å². The number of carbonyl (C=O) groups is 2. The van der Waals surface area contributed by atoms with Crippen molar-refractivity contribution >= 4 is 28.4 Å². The number of fused-ring (bicyclic) bond motifs is 2. The Bertz CT molecular complexity index is 1720. The maximum atomic E-state index is 13.3. The molecule has 2 N–H and O–H groups in total. The van der Waals surface area contributed by atoms with E-state index in [1.807, 2.05) is 25.1 Å². The number of carbonyl (C=O) groups excluding carboxylic acids is 2. The molecule has 198 valence electrons. The number of ether oxygens (including phenoxy) is 2. The van der Waals surface area contributed by atoms with E-state index >= 15 is 0 Å². The fraction of sp³-hybridized carbons (Fsp3) is 0.172. The number of amides is 2. The topological polar surface area (TPSA) is 121 Å². The summed E-state index contributed by atoms with van der Waals surface area (Å²) in [6.07, 6.45) is 1.43. The molecule has 0 saturated carbocycles. The Morgan fingerprint density at radius 2 is 1.74 bits per heavy atom. The second-order valence-corrected chi connectivity index (χ2v) is 9.09. The summed E-state index contributed by atoms with van der Waals surface area (Å²) >= 11 is 0. The summed E-state index contributed by atoms with van der Waals surface area (Å²) in [5, 5.41) is 5.80. The number of benzene rings is 3. The molecule has 10 heteroatoms. The van der Waals surface area contributed by atoms with Crippen molar-refractivity contribution in [3.05, 3.63) is 111 Å². The van der Waals surface area contributed by atoms with Crippen molar-refractivity contribution in [2.75, 3.05) is 12.1 Å². The van der Waals surface area contributed by atoms with Crippen LogP contribution in [0.1, 0.15) is 21.5 Å². The highest BCUT2D eigenvalue weighted by atomic mass is 16.7. The smallest absolute Gasteiger partial charge is 0.332 e. The zero-order valence-electron chi connectivity index (χ0n) is 21.2. The molecule has 0 aliphatic carbocycles. The molecule has 2 amide bonds. The number of aromatic nitrogens is 2. The van der Waals surface area contributed by atoms with Crippen molar-refractivity contribution in [3.8, 4) is 11.5 Å². The highest BCUT2D eigenvalue weighted by molar-refractivity contribution is 5.98. The molecule has 39 heavy (non-hydrogen) atoms. The van der Waals surface area contributed by atoms with Crippen LogP contribution in [0, 0.1) is 6.92 Å². The molecular weight excluding hydrogens is 500 g/mol. The van der Waals surface area contributed by atoms with E-state index < -0.39 is 23.1 Å². The number of aryl methyl sites for hydroxylation is 1. The molecule has 0 spiro atoms. The van der Waals surface area contributed by atoms with E-state index in [1.54, 1.807) is 24.3 Å². The minimum absolute atomic E-state index is 0.0229. The third kappa shape index (κ3) is 5.30. The molecule has 1 aromatic heterocycles. The van der Waals surface area contributed by atoms with Gasteiger partial charge in [-0.15, -0.1) is 6.58 Å². The summed E-state index contributed by atoms with van der Waals surface area (Å²) in [4.78, 5) is 52.3. The van der Waals surface area contributed by atoms with Crippen molar-refractivity contribution in [3.63, 3.8) is 0 Å². The molecule has 5 rings (SSSR count). The van der Waals surface area contributed by atoms with Gasteiger partial charge in [-0.1, -0.05) is 29.8 Å². The molecule has 0 radical (unpaired) electrons. The molecule has 0 bridgehead atoms. The van der Waals surface area contributed by atoms with Crippen LogP contribution < -0.4 is 31.4 Å². The predicted molar refractivity (Wildman–Crippen MR) is 146 cm³/mol. The highest BCUT2D eigenvalue weighted by Crippen LogP contribution is 2.32. The molecule has 0 unspecified atom stereocenters. The van der Waals surface area contributed by atoms with Crippen LogP contribution >= 0.6 is 0 Å². The van der Waals surface area contributed by atoms with Gasteiger partial charge >= 0.3 is 5.69 Å². The number of nitrogens with one attached hydrogen (secondary N) is 2. The zero-order chi connectivity index (χ0) is 27.5. The molecule has 4 aromatic rings. The van der Waals surface area contributed by atoms with Gasteiger partial charge in [0, 0.05) is 24.3 Å². The first-order chi connectivity index (χ1) is 18.8. The number of allylic oxidation sites excluding steroid dienone is 1. The van der Waals surface area contributed by atoms with Gasteiger partial charge in [0.15, 0.2) is 11.5 Å². The molecule has 10 nitrogen and oxygen atoms in total. The molecule has 0 saturated heterocycles. The van der Waals surface area contributed by atoms with Gasteiger partial charge < -0.3 is 20.1 Å². The summed E-state index contributed by atoms with van der Waals surface area (Å²) in [6.45, 7) is 5.55. The Kier molecular flexibility index (Phi) is 7.00. The van der Waals surface area contributed by atoms with Gasteiger partial charge in [-0.05, 0) is 55.0 Å². The minimum atomic E-state index is -0.677. The molecule has 1 aliphatic rings. The van der Waals surface area contributed by atoms with Crippen LogP contribution in [-0.2, 0) is 24.4 Å². The van der Waals surface area contributed by atoms with E-state index in [1.165, 1.54) is 28.8 Å². The quantitative estimate of drug-likeness (QED) is 0.341. The molecule has 0 atom stereocenters. The maximum absolute atomic E-state index is 13.3. The van der Waals surface area contributed by atoms with Crippen LogP contribution in [0.5, 0.6) is 11.5 Å². The second kappa shape index (κ2) is 10.7. The molecule has 0 fully saturated rings. The molecule has 1 aliphatic heterocycles. The number of nitrogens with zero attached hydrogens (tertiary/aromatic N) is 2. The summed E-state index contributed by atoms with van der Waals surface area (Å²) < 4.78 is 12.9. The SMILES string of the molecule is C=CCn1c(=O)c2ccc(C(=O)NCc3ccc4c(c3)OCO4)cc2n(CC(=O)Nc2ccc(C)cc2)c1=O. The molecule has 3 aromatic carbocycles. The third-order valence-corrected chi connectivity index (χ3v) is 6.33. The van der Waals surface area contributed by atoms with Gasteiger partial charge in [0.1, 0.15) is 6.54 Å². The van der Waals surface area contributed by atoms with Crippen molar-refractivity contribution in [2.45, 2.75) is 26.6 Å². The average molecular weight is 527 g/mol. The maximum Gasteiger partial charge on any atom is 0.332 e. The Morgan fingerprint density at radius 3 is 2.51 bits per heavy atom. The third-order valence-electron chi connectivity index (χ3n) is 6.33. The minimum Gasteiger partial charge on any atom is -0.454 e. The Labute approximate surface area is 223 Å². The van der Waals surface area contributed by atoms with Crippen LogP contribution in [0.2, 0.25) is 0 Å². The summed E-state index contributed by atoms with van der Waals surface area (Å²) in [5.41, 5.74) is 1.63. The second-order valence-electron chi connectivity index (χ2n) is 9.09. The standard InChI is InChI=1S/C29H26N4O6/c1-3-12-32-28(36)22-10-7-20(27(35)30-15-19-6-11-24-25(13-19)39-17-38-24)14-23(22)33(29(32)37)16-26(34)31-21-8-4-18(2)5-9-21/h3-11,13-14H,1,12,15-17H2,2H3,(H,30,35)(H,31,34). The van der Waals surface area contributed by atoms with Gasteiger partial charge in [-0.3, -0.25) is 23.5 Å².